The van der Waals surface area contributed by atoms with Gasteiger partial charge in [0.1, 0.15) is 12.0 Å². The maximum atomic E-state index is 12.8. The number of methoxy groups -OCH3 is 1. The zero-order chi connectivity index (χ0) is 24.8. The molecule has 1 aliphatic heterocycles. The fraction of sp³-hybridized carbons (Fsp3) is 0.655. The van der Waals surface area contributed by atoms with Crippen LogP contribution in [0, 0.1) is 5.92 Å². The molecule has 0 radical (unpaired) electrons. The molecule has 3 atom stereocenters. The summed E-state index contributed by atoms with van der Waals surface area (Å²) < 4.78 is 4.99. The van der Waals surface area contributed by atoms with Crippen molar-refractivity contribution >= 4 is 11.8 Å². The highest BCUT2D eigenvalue weighted by atomic mass is 16.5. The number of rotatable bonds is 16. The minimum Gasteiger partial charge on any atom is -0.469 e. The van der Waals surface area contributed by atoms with Crippen LogP contribution in [0.1, 0.15) is 96.5 Å². The standard InChI is InChI=1S/C29H45NO4/c1-4-6-7-8-9-10-11-12-13-17-20-24(31)21-26-28(32)27(29(33)34-3)25(5-2)30(26)22-23-18-15-14-16-19-23/h14-16,18-19,21,25,27-28,32H,4-13,17,20,22H2,1-3H3/b26-21+/t25-,27-,28+/m0/s1. The fourth-order valence-electron chi connectivity index (χ4n) is 5.03. The molecule has 5 nitrogen and oxygen atoms in total. The molecule has 1 saturated heterocycles. The lowest BCUT2D eigenvalue weighted by Gasteiger charge is -2.28. The molecule has 0 aliphatic carbocycles. The second kappa shape index (κ2) is 15.7. The van der Waals surface area contributed by atoms with E-state index in [4.69, 9.17) is 4.74 Å². The summed E-state index contributed by atoms with van der Waals surface area (Å²) in [6.07, 6.45) is 14.0. The third kappa shape index (κ3) is 8.57. The third-order valence-electron chi connectivity index (χ3n) is 6.96. The molecular formula is C29H45NO4. The number of ether oxygens (including phenoxy) is 1. The van der Waals surface area contributed by atoms with Crippen LogP contribution in [0.25, 0.3) is 0 Å². The predicted octanol–water partition coefficient (Wildman–Crippen LogP) is 6.19. The number of aliphatic hydroxyl groups is 1. The Kier molecular flexibility index (Phi) is 13.0. The molecule has 1 heterocycles. The minimum atomic E-state index is -1.03. The van der Waals surface area contributed by atoms with Crippen LogP contribution in [-0.4, -0.2) is 41.0 Å². The van der Waals surface area contributed by atoms with Gasteiger partial charge >= 0.3 is 5.97 Å². The van der Waals surface area contributed by atoms with Crippen molar-refractivity contribution in [3.63, 3.8) is 0 Å². The topological polar surface area (TPSA) is 66.8 Å². The van der Waals surface area contributed by atoms with Crippen molar-refractivity contribution in [3.05, 3.63) is 47.7 Å². The number of benzene rings is 1. The van der Waals surface area contributed by atoms with E-state index in [-0.39, 0.29) is 11.8 Å². The number of carbonyl (C=O) groups is 2. The number of hydrogen-bond acceptors (Lipinski definition) is 5. The summed E-state index contributed by atoms with van der Waals surface area (Å²) in [5.74, 6) is -1.09. The van der Waals surface area contributed by atoms with Gasteiger partial charge in [-0.1, -0.05) is 102 Å². The van der Waals surface area contributed by atoms with Gasteiger partial charge in [-0.15, -0.1) is 0 Å². The highest BCUT2D eigenvalue weighted by Crippen LogP contribution is 2.37. The summed E-state index contributed by atoms with van der Waals surface area (Å²) in [4.78, 5) is 27.3. The molecule has 0 bridgehead atoms. The van der Waals surface area contributed by atoms with Gasteiger partial charge in [-0.2, -0.15) is 0 Å². The van der Waals surface area contributed by atoms with Crippen molar-refractivity contribution in [1.29, 1.82) is 0 Å². The Morgan fingerprint density at radius 2 is 1.53 bits per heavy atom. The summed E-state index contributed by atoms with van der Waals surface area (Å²) in [6, 6.07) is 9.74. The van der Waals surface area contributed by atoms with Crippen LogP contribution in [0.5, 0.6) is 0 Å². The molecule has 1 fully saturated rings. The van der Waals surface area contributed by atoms with Crippen LogP contribution in [0.3, 0.4) is 0 Å². The molecular weight excluding hydrogens is 426 g/mol. The third-order valence-corrected chi connectivity index (χ3v) is 6.96. The summed E-state index contributed by atoms with van der Waals surface area (Å²) in [5.41, 5.74) is 1.62. The number of likely N-dealkylation sites (tertiary alicyclic amines) is 1. The first kappa shape index (κ1) is 28.1. The number of unbranched alkanes of at least 4 members (excludes halogenated alkanes) is 9. The summed E-state index contributed by atoms with van der Waals surface area (Å²) in [7, 11) is 1.35. The second-order valence-electron chi connectivity index (χ2n) is 9.55. The fourth-order valence-corrected chi connectivity index (χ4v) is 5.03. The molecule has 0 unspecified atom stereocenters. The molecule has 1 aromatic rings. The number of esters is 1. The van der Waals surface area contributed by atoms with Gasteiger partial charge in [0.2, 0.25) is 0 Å². The number of hydrogen-bond donors (Lipinski definition) is 1. The Morgan fingerprint density at radius 3 is 2.09 bits per heavy atom. The highest BCUT2D eigenvalue weighted by molar-refractivity contribution is 5.90. The Labute approximate surface area is 206 Å². The molecule has 2 rings (SSSR count). The lowest BCUT2D eigenvalue weighted by Crippen LogP contribution is -2.36. The number of ketones is 1. The molecule has 1 N–H and O–H groups in total. The molecule has 1 aliphatic rings. The van der Waals surface area contributed by atoms with E-state index in [1.54, 1.807) is 6.08 Å². The molecule has 34 heavy (non-hydrogen) atoms. The van der Waals surface area contributed by atoms with Crippen LogP contribution in [-0.2, 0) is 20.9 Å². The van der Waals surface area contributed by atoms with E-state index in [0.29, 0.717) is 25.1 Å². The Bertz CT molecular complexity index is 761. The molecule has 0 spiro atoms. The molecule has 0 saturated carbocycles. The lowest BCUT2D eigenvalue weighted by molar-refractivity contribution is -0.149. The van der Waals surface area contributed by atoms with Crippen LogP contribution in [0.4, 0.5) is 0 Å². The Balaban J connectivity index is 1.94. The SMILES string of the molecule is CCCCCCCCCCCCC(=O)/C=C1\[C@@H](O)[C@@H](C(=O)OC)[C@H](CC)N1Cc1ccccc1. The van der Waals surface area contributed by atoms with Crippen molar-refractivity contribution in [1.82, 2.24) is 4.90 Å². The van der Waals surface area contributed by atoms with E-state index in [2.05, 4.69) is 6.92 Å². The molecule has 1 aromatic carbocycles. The first-order valence-corrected chi connectivity index (χ1v) is 13.3. The predicted molar refractivity (Wildman–Crippen MR) is 137 cm³/mol. The number of carbonyl (C=O) groups excluding carboxylic acids is 2. The van der Waals surface area contributed by atoms with Crippen molar-refractivity contribution < 1.29 is 19.4 Å². The maximum absolute atomic E-state index is 12.8. The van der Waals surface area contributed by atoms with Gasteiger partial charge in [-0.05, 0) is 18.4 Å². The van der Waals surface area contributed by atoms with Crippen molar-refractivity contribution in [2.45, 2.75) is 110 Å². The van der Waals surface area contributed by atoms with E-state index in [9.17, 15) is 14.7 Å². The summed E-state index contributed by atoms with van der Waals surface area (Å²) >= 11 is 0. The van der Waals surface area contributed by atoms with Gasteiger partial charge in [0.15, 0.2) is 5.78 Å². The number of nitrogens with zero attached hydrogens (tertiary/aromatic N) is 1. The van der Waals surface area contributed by atoms with E-state index < -0.39 is 18.0 Å². The monoisotopic (exact) mass is 471 g/mol. The van der Waals surface area contributed by atoms with Crippen LogP contribution >= 0.6 is 0 Å². The minimum absolute atomic E-state index is 0.0204. The van der Waals surface area contributed by atoms with Crippen molar-refractivity contribution in [2.24, 2.45) is 5.92 Å². The average Bonchev–Trinajstić information content (AvgIpc) is 3.10. The Morgan fingerprint density at radius 1 is 0.941 bits per heavy atom. The zero-order valence-corrected chi connectivity index (χ0v) is 21.5. The van der Waals surface area contributed by atoms with Gasteiger partial charge in [-0.3, -0.25) is 9.59 Å². The van der Waals surface area contributed by atoms with Crippen molar-refractivity contribution in [3.8, 4) is 0 Å². The quantitative estimate of drug-likeness (QED) is 0.177. The van der Waals surface area contributed by atoms with E-state index in [1.165, 1.54) is 58.5 Å². The normalized spacial score (nSPS) is 21.2. The van der Waals surface area contributed by atoms with E-state index in [0.717, 1.165) is 18.4 Å². The average molecular weight is 472 g/mol. The molecule has 5 heteroatoms. The number of aliphatic hydroxyl groups excluding tert-OH is 1. The van der Waals surface area contributed by atoms with Gasteiger partial charge < -0.3 is 14.7 Å². The highest BCUT2D eigenvalue weighted by Gasteiger charge is 2.48. The summed E-state index contributed by atoms with van der Waals surface area (Å²) in [5, 5.41) is 11.0. The Hall–Kier alpha value is -2.14. The smallest absolute Gasteiger partial charge is 0.313 e. The number of allylic oxidation sites excluding steroid dienone is 1. The van der Waals surface area contributed by atoms with Crippen LogP contribution < -0.4 is 0 Å². The second-order valence-corrected chi connectivity index (χ2v) is 9.55. The van der Waals surface area contributed by atoms with E-state index in [1.807, 2.05) is 42.2 Å². The largest absolute Gasteiger partial charge is 0.469 e. The molecule has 190 valence electrons. The molecule has 0 aromatic heterocycles. The maximum Gasteiger partial charge on any atom is 0.313 e. The molecule has 0 amide bonds. The lowest BCUT2D eigenvalue weighted by atomic mass is 9.95. The van der Waals surface area contributed by atoms with Crippen LogP contribution in [0.15, 0.2) is 42.1 Å². The van der Waals surface area contributed by atoms with E-state index >= 15 is 0 Å². The van der Waals surface area contributed by atoms with Gasteiger partial charge in [0.25, 0.3) is 0 Å². The van der Waals surface area contributed by atoms with Gasteiger partial charge in [-0.25, -0.2) is 0 Å². The first-order chi connectivity index (χ1) is 16.5. The first-order valence-electron chi connectivity index (χ1n) is 13.3. The van der Waals surface area contributed by atoms with Gasteiger partial charge in [0, 0.05) is 30.8 Å². The zero-order valence-electron chi connectivity index (χ0n) is 21.5. The summed E-state index contributed by atoms with van der Waals surface area (Å²) in [6.45, 7) is 4.78. The van der Waals surface area contributed by atoms with Crippen LogP contribution in [0.2, 0.25) is 0 Å². The van der Waals surface area contributed by atoms with Crippen molar-refractivity contribution in [2.75, 3.05) is 7.11 Å². The van der Waals surface area contributed by atoms with Gasteiger partial charge in [0.05, 0.1) is 7.11 Å².